The van der Waals surface area contributed by atoms with Crippen LogP contribution in [0.5, 0.6) is 5.75 Å². The second-order valence-electron chi connectivity index (χ2n) is 5.04. The van der Waals surface area contributed by atoms with E-state index in [2.05, 4.69) is 5.32 Å². The summed E-state index contributed by atoms with van der Waals surface area (Å²) in [5.74, 6) is 0.653. The highest BCUT2D eigenvalue weighted by Crippen LogP contribution is 2.19. The maximum atomic E-state index is 12.1. The van der Waals surface area contributed by atoms with Crippen LogP contribution in [-0.2, 0) is 9.59 Å². The van der Waals surface area contributed by atoms with Crippen LogP contribution in [0, 0.1) is 13.8 Å². The van der Waals surface area contributed by atoms with Crippen LogP contribution in [0.2, 0.25) is 0 Å². The molecular weight excluding hydrogens is 256 g/mol. The van der Waals surface area contributed by atoms with Gasteiger partial charge >= 0.3 is 0 Å². The monoisotopic (exact) mass is 276 g/mol. The van der Waals surface area contributed by atoms with Crippen LogP contribution in [0.1, 0.15) is 17.5 Å². The van der Waals surface area contributed by atoms with Gasteiger partial charge in [0.1, 0.15) is 5.75 Å². The summed E-state index contributed by atoms with van der Waals surface area (Å²) in [4.78, 5) is 25.0. The van der Waals surface area contributed by atoms with Gasteiger partial charge in [-0.25, -0.2) is 0 Å². The zero-order chi connectivity index (χ0) is 14.5. The minimum Gasteiger partial charge on any atom is -0.483 e. The van der Waals surface area contributed by atoms with Gasteiger partial charge in [-0.2, -0.15) is 0 Å². The first-order chi connectivity index (χ1) is 9.56. The summed E-state index contributed by atoms with van der Waals surface area (Å²) < 4.78 is 5.60. The lowest BCUT2D eigenvalue weighted by Gasteiger charge is -2.20. The Labute approximate surface area is 118 Å². The van der Waals surface area contributed by atoms with Crippen LogP contribution >= 0.6 is 0 Å². The van der Waals surface area contributed by atoms with Crippen molar-refractivity contribution < 1.29 is 14.3 Å². The van der Waals surface area contributed by atoms with Gasteiger partial charge in [-0.15, -0.1) is 0 Å². The average molecular weight is 276 g/mol. The van der Waals surface area contributed by atoms with E-state index in [-0.39, 0.29) is 18.4 Å². The van der Waals surface area contributed by atoms with Gasteiger partial charge in [0.15, 0.2) is 6.61 Å². The van der Waals surface area contributed by atoms with E-state index < -0.39 is 0 Å². The maximum Gasteiger partial charge on any atom is 0.260 e. The molecule has 0 spiro atoms. The lowest BCUT2D eigenvalue weighted by molar-refractivity contribution is -0.133. The van der Waals surface area contributed by atoms with Crippen molar-refractivity contribution in [2.45, 2.75) is 20.3 Å². The minimum absolute atomic E-state index is 0.00394. The molecule has 1 fully saturated rings. The van der Waals surface area contributed by atoms with E-state index in [9.17, 15) is 9.59 Å². The number of carbonyl (C=O) groups is 2. The van der Waals surface area contributed by atoms with Crippen molar-refractivity contribution in [1.29, 1.82) is 0 Å². The molecule has 0 atom stereocenters. The van der Waals surface area contributed by atoms with Gasteiger partial charge in [-0.1, -0.05) is 12.1 Å². The molecule has 0 radical (unpaired) electrons. The Morgan fingerprint density at radius 2 is 2.15 bits per heavy atom. The quantitative estimate of drug-likeness (QED) is 0.897. The standard InChI is InChI=1S/C15H20N2O3/c1-11-3-4-12(2)13(9-11)20-10-15(19)17-7-5-14(18)16-6-8-17/h3-4,9H,5-8,10H2,1-2H3,(H,16,18). The summed E-state index contributed by atoms with van der Waals surface area (Å²) in [6.45, 7) is 5.46. The van der Waals surface area contributed by atoms with Crippen molar-refractivity contribution in [1.82, 2.24) is 10.2 Å². The molecule has 2 rings (SSSR count). The number of hydrogen-bond donors (Lipinski definition) is 1. The highest BCUT2D eigenvalue weighted by Gasteiger charge is 2.18. The Balaban J connectivity index is 1.91. The third-order valence-electron chi connectivity index (χ3n) is 3.36. The lowest BCUT2D eigenvalue weighted by atomic mass is 10.1. The Bertz CT molecular complexity index is 514. The molecular formula is C15H20N2O3. The fourth-order valence-corrected chi connectivity index (χ4v) is 2.11. The van der Waals surface area contributed by atoms with E-state index in [4.69, 9.17) is 4.74 Å². The Hall–Kier alpha value is -2.04. The molecule has 0 bridgehead atoms. The van der Waals surface area contributed by atoms with Gasteiger partial charge in [0.05, 0.1) is 0 Å². The third-order valence-corrected chi connectivity index (χ3v) is 3.36. The number of amides is 2. The van der Waals surface area contributed by atoms with Crippen molar-refractivity contribution in [2.24, 2.45) is 0 Å². The first kappa shape index (κ1) is 14.4. The zero-order valence-corrected chi connectivity index (χ0v) is 11.9. The normalized spacial score (nSPS) is 15.5. The minimum atomic E-state index is -0.0811. The van der Waals surface area contributed by atoms with E-state index in [0.717, 1.165) is 16.9 Å². The van der Waals surface area contributed by atoms with E-state index in [1.807, 2.05) is 32.0 Å². The number of carbonyl (C=O) groups excluding carboxylic acids is 2. The fourth-order valence-electron chi connectivity index (χ4n) is 2.11. The topological polar surface area (TPSA) is 58.6 Å². The molecule has 0 unspecified atom stereocenters. The zero-order valence-electron chi connectivity index (χ0n) is 11.9. The third kappa shape index (κ3) is 3.73. The summed E-state index contributed by atoms with van der Waals surface area (Å²) in [7, 11) is 0. The van der Waals surface area contributed by atoms with Crippen molar-refractivity contribution in [3.8, 4) is 5.75 Å². The van der Waals surface area contributed by atoms with E-state index >= 15 is 0 Å². The van der Waals surface area contributed by atoms with Crippen molar-refractivity contribution in [3.63, 3.8) is 0 Å². The summed E-state index contributed by atoms with van der Waals surface area (Å²) in [5, 5.41) is 2.75. The molecule has 0 saturated carbocycles. The molecule has 1 N–H and O–H groups in total. The molecule has 20 heavy (non-hydrogen) atoms. The SMILES string of the molecule is Cc1ccc(C)c(OCC(=O)N2CCNC(=O)CC2)c1. The number of ether oxygens (including phenoxy) is 1. The molecule has 0 aromatic heterocycles. The van der Waals surface area contributed by atoms with Crippen LogP contribution in [0.25, 0.3) is 0 Å². The van der Waals surface area contributed by atoms with Gasteiger partial charge in [0, 0.05) is 26.1 Å². The summed E-state index contributed by atoms with van der Waals surface area (Å²) in [6.07, 6.45) is 0.356. The second-order valence-corrected chi connectivity index (χ2v) is 5.04. The first-order valence-electron chi connectivity index (χ1n) is 6.81. The largest absolute Gasteiger partial charge is 0.483 e. The highest BCUT2D eigenvalue weighted by molar-refractivity contribution is 5.81. The summed E-state index contributed by atoms with van der Waals surface area (Å²) in [6, 6.07) is 5.91. The van der Waals surface area contributed by atoms with E-state index in [1.54, 1.807) is 4.90 Å². The van der Waals surface area contributed by atoms with Gasteiger partial charge in [0.25, 0.3) is 5.91 Å². The van der Waals surface area contributed by atoms with Crippen LogP contribution in [-0.4, -0.2) is 43.0 Å². The molecule has 1 aromatic rings. The second kappa shape index (κ2) is 6.41. The van der Waals surface area contributed by atoms with Crippen molar-refractivity contribution in [3.05, 3.63) is 29.3 Å². The van der Waals surface area contributed by atoms with Crippen molar-refractivity contribution >= 4 is 11.8 Å². The van der Waals surface area contributed by atoms with Crippen molar-refractivity contribution in [2.75, 3.05) is 26.2 Å². The molecule has 1 heterocycles. The first-order valence-corrected chi connectivity index (χ1v) is 6.81. The Morgan fingerprint density at radius 3 is 2.95 bits per heavy atom. The van der Waals surface area contributed by atoms with Crippen LogP contribution < -0.4 is 10.1 Å². The number of benzene rings is 1. The molecule has 5 heteroatoms. The van der Waals surface area contributed by atoms with E-state index in [0.29, 0.717) is 26.1 Å². The molecule has 5 nitrogen and oxygen atoms in total. The predicted molar refractivity (Wildman–Crippen MR) is 75.6 cm³/mol. The predicted octanol–water partition coefficient (Wildman–Crippen LogP) is 1.03. The maximum absolute atomic E-state index is 12.1. The number of nitrogens with zero attached hydrogens (tertiary/aromatic N) is 1. The van der Waals surface area contributed by atoms with Gasteiger partial charge < -0.3 is 15.0 Å². The van der Waals surface area contributed by atoms with Crippen LogP contribution in [0.4, 0.5) is 0 Å². The van der Waals surface area contributed by atoms with Crippen LogP contribution in [0.15, 0.2) is 18.2 Å². The lowest BCUT2D eigenvalue weighted by Crippen LogP contribution is -2.37. The number of nitrogens with one attached hydrogen (secondary N) is 1. The molecule has 1 aliphatic heterocycles. The van der Waals surface area contributed by atoms with Gasteiger partial charge in [-0.3, -0.25) is 9.59 Å². The molecule has 1 saturated heterocycles. The molecule has 2 amide bonds. The number of rotatable bonds is 3. The summed E-state index contributed by atoms with van der Waals surface area (Å²) >= 11 is 0. The summed E-state index contributed by atoms with van der Waals surface area (Å²) in [5.41, 5.74) is 2.11. The Morgan fingerprint density at radius 1 is 1.35 bits per heavy atom. The number of aryl methyl sites for hydroxylation is 2. The van der Waals surface area contributed by atoms with Gasteiger partial charge in [0.2, 0.25) is 5.91 Å². The molecule has 108 valence electrons. The average Bonchev–Trinajstić information content (AvgIpc) is 2.64. The molecule has 1 aliphatic rings. The van der Waals surface area contributed by atoms with Gasteiger partial charge in [-0.05, 0) is 31.0 Å². The number of hydrogen-bond acceptors (Lipinski definition) is 3. The molecule has 1 aromatic carbocycles. The van der Waals surface area contributed by atoms with E-state index in [1.165, 1.54) is 0 Å². The smallest absolute Gasteiger partial charge is 0.260 e. The highest BCUT2D eigenvalue weighted by atomic mass is 16.5. The van der Waals surface area contributed by atoms with Crippen LogP contribution in [0.3, 0.4) is 0 Å². The fraction of sp³-hybridized carbons (Fsp3) is 0.467. The molecule has 0 aliphatic carbocycles. The Kier molecular flexibility index (Phi) is 4.61.